The van der Waals surface area contributed by atoms with Crippen molar-refractivity contribution in [1.29, 1.82) is 0 Å². The Kier molecular flexibility index (Phi) is 2.30. The Morgan fingerprint density at radius 2 is 2.14 bits per heavy atom. The van der Waals surface area contributed by atoms with Crippen LogP contribution in [0.2, 0.25) is 0 Å². The number of hydrogen-bond acceptors (Lipinski definition) is 3. The largest absolute Gasteiger partial charge is 0.459 e. The summed E-state index contributed by atoms with van der Waals surface area (Å²) in [6, 6.07) is 0. The highest BCUT2D eigenvalue weighted by molar-refractivity contribution is 5.72. The normalized spacial score (nSPS) is 40.5. The van der Waals surface area contributed by atoms with E-state index in [9.17, 15) is 4.79 Å². The predicted octanol–water partition coefficient (Wildman–Crippen LogP) is 1.75. The summed E-state index contributed by atoms with van der Waals surface area (Å²) >= 11 is 0. The highest BCUT2D eigenvalue weighted by Gasteiger charge is 2.48. The Labute approximate surface area is 84.8 Å². The molecule has 1 saturated heterocycles. The molecule has 3 atom stereocenters. The summed E-state index contributed by atoms with van der Waals surface area (Å²) in [6.07, 6.45) is 2.74. The monoisotopic (exact) mass is 198 g/mol. The summed E-state index contributed by atoms with van der Waals surface area (Å²) in [7, 11) is 1.70. The minimum atomic E-state index is -0.0558. The van der Waals surface area contributed by atoms with Crippen LogP contribution in [0.4, 0.5) is 0 Å². The second-order valence-corrected chi connectivity index (χ2v) is 5.27. The molecular formula is C11H18O3. The summed E-state index contributed by atoms with van der Waals surface area (Å²) < 4.78 is 10.7. The van der Waals surface area contributed by atoms with Gasteiger partial charge in [0.1, 0.15) is 6.10 Å². The molecule has 1 saturated carbocycles. The van der Waals surface area contributed by atoms with Gasteiger partial charge in [-0.1, -0.05) is 13.8 Å². The van der Waals surface area contributed by atoms with Gasteiger partial charge in [-0.3, -0.25) is 4.79 Å². The van der Waals surface area contributed by atoms with Crippen molar-refractivity contribution in [3.63, 3.8) is 0 Å². The van der Waals surface area contributed by atoms with Gasteiger partial charge in [0.05, 0.1) is 12.5 Å². The van der Waals surface area contributed by atoms with Crippen LogP contribution in [0.1, 0.15) is 33.1 Å². The van der Waals surface area contributed by atoms with Gasteiger partial charge in [-0.25, -0.2) is 0 Å². The molecule has 2 aliphatic rings. The molecule has 0 aromatic carbocycles. The quantitative estimate of drug-likeness (QED) is 0.602. The average molecular weight is 198 g/mol. The Bertz CT molecular complexity index is 247. The van der Waals surface area contributed by atoms with Gasteiger partial charge in [-0.15, -0.1) is 0 Å². The lowest BCUT2D eigenvalue weighted by atomic mass is 9.69. The summed E-state index contributed by atoms with van der Waals surface area (Å²) in [5.41, 5.74) is 0.274. The average Bonchev–Trinajstić information content (AvgIpc) is 2.41. The van der Waals surface area contributed by atoms with E-state index in [1.54, 1.807) is 7.11 Å². The number of carbonyl (C=O) groups excluding carboxylic acids is 1. The number of esters is 1. The van der Waals surface area contributed by atoms with Crippen molar-refractivity contribution in [3.8, 4) is 0 Å². The third-order valence-electron chi connectivity index (χ3n) is 3.40. The summed E-state index contributed by atoms with van der Waals surface area (Å²) in [6.45, 7) is 4.47. The fraction of sp³-hybridized carbons (Fsp3) is 0.909. The lowest BCUT2D eigenvalue weighted by Crippen LogP contribution is -2.43. The highest BCUT2D eigenvalue weighted by Crippen LogP contribution is 2.45. The Hall–Kier alpha value is -0.570. The minimum Gasteiger partial charge on any atom is -0.459 e. The van der Waals surface area contributed by atoms with Gasteiger partial charge < -0.3 is 9.47 Å². The molecule has 0 bridgehead atoms. The van der Waals surface area contributed by atoms with Crippen molar-refractivity contribution in [3.05, 3.63) is 0 Å². The van der Waals surface area contributed by atoms with Crippen LogP contribution in [0.25, 0.3) is 0 Å². The van der Waals surface area contributed by atoms with Crippen LogP contribution in [-0.4, -0.2) is 25.3 Å². The van der Waals surface area contributed by atoms with E-state index >= 15 is 0 Å². The Balaban J connectivity index is 2.16. The lowest BCUT2D eigenvalue weighted by molar-refractivity contribution is -0.150. The van der Waals surface area contributed by atoms with Crippen molar-refractivity contribution < 1.29 is 14.3 Å². The molecule has 0 amide bonds. The van der Waals surface area contributed by atoms with E-state index in [2.05, 4.69) is 13.8 Å². The molecule has 3 nitrogen and oxygen atoms in total. The van der Waals surface area contributed by atoms with Crippen LogP contribution in [0.5, 0.6) is 0 Å². The van der Waals surface area contributed by atoms with E-state index in [-0.39, 0.29) is 23.6 Å². The van der Waals surface area contributed by atoms with Crippen LogP contribution in [0, 0.1) is 11.3 Å². The second-order valence-electron chi connectivity index (χ2n) is 5.27. The van der Waals surface area contributed by atoms with Crippen LogP contribution >= 0.6 is 0 Å². The third kappa shape index (κ3) is 1.65. The lowest BCUT2D eigenvalue weighted by Gasteiger charge is -2.40. The summed E-state index contributed by atoms with van der Waals surface area (Å²) in [4.78, 5) is 11.2. The molecule has 0 unspecified atom stereocenters. The van der Waals surface area contributed by atoms with Gasteiger partial charge in [-0.05, 0) is 18.3 Å². The molecule has 3 heteroatoms. The molecule has 2 fully saturated rings. The van der Waals surface area contributed by atoms with Crippen molar-refractivity contribution >= 4 is 5.97 Å². The first-order chi connectivity index (χ1) is 6.52. The maximum absolute atomic E-state index is 11.2. The standard InChI is InChI=1S/C11H18O3/c1-11(2)5-7-4-9(12)14-10(7)8(6-11)13-3/h7-8,10H,4-6H2,1-3H3/t7-,8-,10-/m1/s1. The molecule has 1 aliphatic carbocycles. The molecule has 0 aromatic rings. The smallest absolute Gasteiger partial charge is 0.306 e. The molecule has 0 spiro atoms. The van der Waals surface area contributed by atoms with E-state index in [1.165, 1.54) is 0 Å². The van der Waals surface area contributed by atoms with Gasteiger partial charge in [0.15, 0.2) is 0 Å². The Morgan fingerprint density at radius 3 is 2.79 bits per heavy atom. The first-order valence-corrected chi connectivity index (χ1v) is 5.24. The van der Waals surface area contributed by atoms with Crippen molar-refractivity contribution in [1.82, 2.24) is 0 Å². The first kappa shape index (κ1) is 9.97. The number of carbonyl (C=O) groups is 1. The first-order valence-electron chi connectivity index (χ1n) is 5.24. The molecule has 80 valence electrons. The van der Waals surface area contributed by atoms with Crippen molar-refractivity contribution in [2.45, 2.75) is 45.3 Å². The van der Waals surface area contributed by atoms with Crippen LogP contribution in [-0.2, 0) is 14.3 Å². The van der Waals surface area contributed by atoms with Crippen molar-refractivity contribution in [2.75, 3.05) is 7.11 Å². The van der Waals surface area contributed by atoms with Gasteiger partial charge >= 0.3 is 5.97 Å². The second kappa shape index (κ2) is 3.23. The number of methoxy groups -OCH3 is 1. The SMILES string of the molecule is CO[C@@H]1CC(C)(C)C[C@H]2CC(=O)O[C@H]21. The van der Waals surface area contributed by atoms with E-state index < -0.39 is 0 Å². The maximum Gasteiger partial charge on any atom is 0.306 e. The van der Waals surface area contributed by atoms with Crippen LogP contribution in [0.15, 0.2) is 0 Å². The van der Waals surface area contributed by atoms with Gasteiger partial charge in [0, 0.05) is 13.0 Å². The van der Waals surface area contributed by atoms with Crippen LogP contribution in [0.3, 0.4) is 0 Å². The Morgan fingerprint density at radius 1 is 1.43 bits per heavy atom. The molecule has 2 rings (SSSR count). The zero-order valence-electron chi connectivity index (χ0n) is 9.08. The molecule has 0 radical (unpaired) electrons. The van der Waals surface area contributed by atoms with E-state index in [0.29, 0.717) is 12.3 Å². The zero-order chi connectivity index (χ0) is 10.3. The van der Waals surface area contributed by atoms with Crippen molar-refractivity contribution in [2.24, 2.45) is 11.3 Å². The van der Waals surface area contributed by atoms with E-state index in [4.69, 9.17) is 9.47 Å². The summed E-state index contributed by atoms with van der Waals surface area (Å²) in [5, 5.41) is 0. The van der Waals surface area contributed by atoms with E-state index in [1.807, 2.05) is 0 Å². The number of rotatable bonds is 1. The zero-order valence-corrected chi connectivity index (χ0v) is 9.08. The molecule has 1 aliphatic heterocycles. The molecule has 0 N–H and O–H groups in total. The fourth-order valence-electron chi connectivity index (χ4n) is 2.87. The summed E-state index contributed by atoms with van der Waals surface area (Å²) in [5.74, 6) is 0.316. The topological polar surface area (TPSA) is 35.5 Å². The molecule has 14 heavy (non-hydrogen) atoms. The molecule has 0 aromatic heterocycles. The third-order valence-corrected chi connectivity index (χ3v) is 3.40. The fourth-order valence-corrected chi connectivity index (χ4v) is 2.87. The highest BCUT2D eigenvalue weighted by atomic mass is 16.6. The van der Waals surface area contributed by atoms with Gasteiger partial charge in [0.2, 0.25) is 0 Å². The number of ether oxygens (including phenoxy) is 2. The predicted molar refractivity (Wildman–Crippen MR) is 51.8 cm³/mol. The van der Waals surface area contributed by atoms with E-state index in [0.717, 1.165) is 12.8 Å². The minimum absolute atomic E-state index is 0.0144. The van der Waals surface area contributed by atoms with Crippen LogP contribution < -0.4 is 0 Å². The molecular weight excluding hydrogens is 180 g/mol. The van der Waals surface area contributed by atoms with Gasteiger partial charge in [0.25, 0.3) is 0 Å². The number of fused-ring (bicyclic) bond motifs is 1. The molecule has 1 heterocycles. The van der Waals surface area contributed by atoms with Gasteiger partial charge in [-0.2, -0.15) is 0 Å². The maximum atomic E-state index is 11.2. The number of hydrogen-bond donors (Lipinski definition) is 0.